The van der Waals surface area contributed by atoms with Gasteiger partial charge in [0, 0.05) is 35.6 Å². The molecule has 1 atom stereocenters. The van der Waals surface area contributed by atoms with Crippen LogP contribution >= 0.6 is 11.8 Å². The van der Waals surface area contributed by atoms with Crippen LogP contribution in [0.15, 0.2) is 97.3 Å². The zero-order chi connectivity index (χ0) is 31.3. The first-order valence-corrected chi connectivity index (χ1v) is 15.3. The van der Waals surface area contributed by atoms with E-state index < -0.39 is 11.1 Å². The maximum atomic E-state index is 14.1. The Morgan fingerprint density at radius 3 is 2.53 bits per heavy atom. The predicted octanol–water partition coefficient (Wildman–Crippen LogP) is 5.58. The van der Waals surface area contributed by atoms with Crippen LogP contribution in [0.2, 0.25) is 0 Å². The third-order valence-electron chi connectivity index (χ3n) is 7.44. The molecule has 0 spiro atoms. The Balaban J connectivity index is 1.55. The standard InChI is InChI=1S/C34H30FN5O4S/c1-43-26-14-15-28(44-2)27(17-26)33-31-32(23-8-4-3-5-9-23)38-40(25-12-10-24(35)11-13-25)34(31)39(30(42)21-45-33)20-29(41)37-19-22-7-6-16-36-18-22/h3-18,33H,19-21H2,1-2H3,(H,37,41)/t33-/m0/s1. The molecule has 0 aliphatic carbocycles. The lowest BCUT2D eigenvalue weighted by Gasteiger charge is -2.23. The molecule has 0 radical (unpaired) electrons. The van der Waals surface area contributed by atoms with Gasteiger partial charge in [0.15, 0.2) is 0 Å². The summed E-state index contributed by atoms with van der Waals surface area (Å²) in [5.74, 6) is 0.705. The number of benzene rings is 3. The summed E-state index contributed by atoms with van der Waals surface area (Å²) in [5.41, 5.74) is 4.30. The second-order valence-electron chi connectivity index (χ2n) is 10.3. The van der Waals surface area contributed by atoms with Crippen molar-refractivity contribution in [2.24, 2.45) is 0 Å². The number of nitrogens with one attached hydrogen (secondary N) is 1. The number of carbonyl (C=O) groups is 2. The second kappa shape index (κ2) is 13.2. The minimum atomic E-state index is -0.443. The summed E-state index contributed by atoms with van der Waals surface area (Å²) in [7, 11) is 3.19. The first kappa shape index (κ1) is 29.9. The normalized spacial score (nSPS) is 14.4. The molecular formula is C34H30FN5O4S. The first-order chi connectivity index (χ1) is 22.0. The van der Waals surface area contributed by atoms with E-state index in [4.69, 9.17) is 14.6 Å². The van der Waals surface area contributed by atoms with Gasteiger partial charge in [-0.2, -0.15) is 5.10 Å². The molecule has 11 heteroatoms. The van der Waals surface area contributed by atoms with Crippen molar-refractivity contribution in [1.82, 2.24) is 20.1 Å². The number of aromatic nitrogens is 3. The Bertz CT molecular complexity index is 1820. The Morgan fingerprint density at radius 1 is 1.02 bits per heavy atom. The van der Waals surface area contributed by atoms with Gasteiger partial charge in [0.05, 0.1) is 36.6 Å². The maximum absolute atomic E-state index is 14.1. The largest absolute Gasteiger partial charge is 0.497 e. The maximum Gasteiger partial charge on any atom is 0.240 e. The van der Waals surface area contributed by atoms with Crippen molar-refractivity contribution >= 4 is 29.4 Å². The fourth-order valence-corrected chi connectivity index (χ4v) is 6.50. The number of pyridine rings is 1. The zero-order valence-electron chi connectivity index (χ0n) is 24.6. The minimum Gasteiger partial charge on any atom is -0.497 e. The fourth-order valence-electron chi connectivity index (χ4n) is 5.28. The highest BCUT2D eigenvalue weighted by molar-refractivity contribution is 8.00. The van der Waals surface area contributed by atoms with Crippen molar-refractivity contribution in [3.63, 3.8) is 0 Å². The summed E-state index contributed by atoms with van der Waals surface area (Å²) < 4.78 is 27.0. The smallest absolute Gasteiger partial charge is 0.240 e. The van der Waals surface area contributed by atoms with Crippen LogP contribution in [0, 0.1) is 5.82 Å². The summed E-state index contributed by atoms with van der Waals surface area (Å²) in [6, 6.07) is 24.7. The van der Waals surface area contributed by atoms with Gasteiger partial charge in [-0.1, -0.05) is 36.4 Å². The molecule has 1 aliphatic rings. The van der Waals surface area contributed by atoms with Crippen molar-refractivity contribution in [1.29, 1.82) is 0 Å². The molecule has 3 aromatic carbocycles. The van der Waals surface area contributed by atoms with E-state index in [9.17, 15) is 14.0 Å². The lowest BCUT2D eigenvalue weighted by Crippen LogP contribution is -2.42. The number of hydrogen-bond donors (Lipinski definition) is 1. The van der Waals surface area contributed by atoms with E-state index in [2.05, 4.69) is 10.3 Å². The Morgan fingerprint density at radius 2 is 1.82 bits per heavy atom. The predicted molar refractivity (Wildman–Crippen MR) is 171 cm³/mol. The van der Waals surface area contributed by atoms with Crippen molar-refractivity contribution in [2.75, 3.05) is 31.4 Å². The number of fused-ring (bicyclic) bond motifs is 1. The molecule has 2 aromatic heterocycles. The molecule has 0 saturated heterocycles. The van der Waals surface area contributed by atoms with Gasteiger partial charge in [0.2, 0.25) is 11.8 Å². The van der Waals surface area contributed by atoms with Crippen molar-refractivity contribution < 1.29 is 23.5 Å². The molecule has 0 saturated carbocycles. The Labute approximate surface area is 264 Å². The van der Waals surface area contributed by atoms with Crippen molar-refractivity contribution in [3.05, 3.63) is 120 Å². The van der Waals surface area contributed by atoms with Gasteiger partial charge in [-0.25, -0.2) is 9.07 Å². The van der Waals surface area contributed by atoms with E-state index >= 15 is 0 Å². The molecule has 228 valence electrons. The van der Waals surface area contributed by atoms with E-state index in [-0.39, 0.29) is 30.7 Å². The number of thioether (sulfide) groups is 1. The molecular weight excluding hydrogens is 593 g/mol. The molecule has 1 aliphatic heterocycles. The number of carbonyl (C=O) groups excluding carboxylic acids is 2. The van der Waals surface area contributed by atoms with Gasteiger partial charge in [0.1, 0.15) is 29.7 Å². The number of ether oxygens (including phenoxy) is 2. The molecule has 5 aromatic rings. The number of amides is 2. The summed E-state index contributed by atoms with van der Waals surface area (Å²) in [6.45, 7) is 0.00216. The first-order valence-electron chi connectivity index (χ1n) is 14.2. The molecule has 3 heterocycles. The van der Waals surface area contributed by atoms with Crippen LogP contribution in [-0.4, -0.2) is 53.1 Å². The molecule has 1 N–H and O–H groups in total. The molecule has 6 rings (SSSR count). The van der Waals surface area contributed by atoms with E-state index in [1.807, 2.05) is 54.6 Å². The van der Waals surface area contributed by atoms with Gasteiger partial charge in [-0.3, -0.25) is 19.5 Å². The number of nitrogens with zero attached hydrogens (tertiary/aromatic N) is 4. The highest BCUT2D eigenvalue weighted by Crippen LogP contribution is 2.51. The lowest BCUT2D eigenvalue weighted by molar-refractivity contribution is -0.123. The number of anilines is 1. The molecule has 0 fully saturated rings. The average molecular weight is 624 g/mol. The monoisotopic (exact) mass is 623 g/mol. The fraction of sp³-hybridized carbons (Fsp3) is 0.176. The van der Waals surface area contributed by atoms with Crippen LogP contribution in [-0.2, 0) is 16.1 Å². The van der Waals surface area contributed by atoms with Gasteiger partial charge in [-0.15, -0.1) is 11.8 Å². The third kappa shape index (κ3) is 6.25. The van der Waals surface area contributed by atoms with Crippen molar-refractivity contribution in [3.8, 4) is 28.4 Å². The minimum absolute atomic E-state index is 0.0766. The van der Waals surface area contributed by atoms with E-state index in [1.54, 1.807) is 49.5 Å². The Kier molecular flexibility index (Phi) is 8.79. The number of hydrogen-bond acceptors (Lipinski definition) is 7. The summed E-state index contributed by atoms with van der Waals surface area (Å²) in [4.78, 5) is 33.0. The van der Waals surface area contributed by atoms with Crippen LogP contribution in [0.3, 0.4) is 0 Å². The topological polar surface area (TPSA) is 98.6 Å². The van der Waals surface area contributed by atoms with Gasteiger partial charge in [0.25, 0.3) is 0 Å². The SMILES string of the molecule is COc1ccc(OC)c([C@@H]2SCC(=O)N(CC(=O)NCc3cccnc3)c3c2c(-c2ccccc2)nn3-c2ccc(F)cc2)c1. The van der Waals surface area contributed by atoms with E-state index in [0.717, 1.165) is 16.7 Å². The summed E-state index contributed by atoms with van der Waals surface area (Å²) in [6.07, 6.45) is 3.34. The highest BCUT2D eigenvalue weighted by Gasteiger charge is 2.38. The van der Waals surface area contributed by atoms with Crippen LogP contribution < -0.4 is 19.7 Å². The molecule has 0 unspecified atom stereocenters. The average Bonchev–Trinajstić information content (AvgIpc) is 3.41. The van der Waals surface area contributed by atoms with Crippen LogP contribution in [0.1, 0.15) is 21.9 Å². The summed E-state index contributed by atoms with van der Waals surface area (Å²) in [5, 5.41) is 7.50. The molecule has 0 bridgehead atoms. The lowest BCUT2D eigenvalue weighted by atomic mass is 9.98. The Hall–Kier alpha value is -5.16. The number of methoxy groups -OCH3 is 2. The van der Waals surface area contributed by atoms with Crippen LogP contribution in [0.5, 0.6) is 11.5 Å². The van der Waals surface area contributed by atoms with Crippen LogP contribution in [0.25, 0.3) is 16.9 Å². The second-order valence-corrected chi connectivity index (χ2v) is 11.4. The van der Waals surface area contributed by atoms with Gasteiger partial charge < -0.3 is 14.8 Å². The molecule has 2 amide bonds. The number of rotatable bonds is 9. The molecule has 45 heavy (non-hydrogen) atoms. The molecule has 9 nitrogen and oxygen atoms in total. The van der Waals surface area contributed by atoms with Gasteiger partial charge >= 0.3 is 0 Å². The van der Waals surface area contributed by atoms with Crippen LogP contribution in [0.4, 0.5) is 10.2 Å². The number of halogens is 1. The van der Waals surface area contributed by atoms with E-state index in [1.165, 1.54) is 28.8 Å². The quantitative estimate of drug-likeness (QED) is 0.229. The van der Waals surface area contributed by atoms with E-state index in [0.29, 0.717) is 34.3 Å². The van der Waals surface area contributed by atoms with Crippen molar-refractivity contribution in [2.45, 2.75) is 11.8 Å². The highest BCUT2D eigenvalue weighted by atomic mass is 32.2. The summed E-state index contributed by atoms with van der Waals surface area (Å²) >= 11 is 1.42. The zero-order valence-corrected chi connectivity index (χ0v) is 25.5. The van der Waals surface area contributed by atoms with Gasteiger partial charge in [-0.05, 0) is 54.1 Å². The third-order valence-corrected chi connectivity index (χ3v) is 8.68.